The second-order valence-electron chi connectivity index (χ2n) is 10.9. The van der Waals surface area contributed by atoms with Gasteiger partial charge < -0.3 is 10.2 Å². The standard InChI is InChI=1S/C35H37Cl2N3O4S/c1-5-38-35(42)33(21-27-10-7-6-8-11-27)39(22-30-31(36)12-9-13-32(30)37)34(41)23-40(28-17-16-25(3)26(4)20-28)45(43,44)29-18-14-24(2)15-19-29/h6-20,33H,5,21-23H2,1-4H3,(H,38,42)/t33-/m1/s1. The van der Waals surface area contributed by atoms with E-state index in [1.165, 1.54) is 17.0 Å². The number of sulfonamides is 1. The van der Waals surface area contributed by atoms with E-state index in [0.717, 1.165) is 26.6 Å². The van der Waals surface area contributed by atoms with Gasteiger partial charge in [-0.25, -0.2) is 8.42 Å². The number of rotatable bonds is 12. The summed E-state index contributed by atoms with van der Waals surface area (Å²) in [7, 11) is -4.20. The fraction of sp³-hybridized carbons (Fsp3) is 0.257. The number of anilines is 1. The molecule has 0 heterocycles. The van der Waals surface area contributed by atoms with E-state index in [1.54, 1.807) is 49.4 Å². The van der Waals surface area contributed by atoms with Crippen molar-refractivity contribution in [3.05, 3.63) is 129 Å². The number of aryl methyl sites for hydroxylation is 3. The Kier molecular flexibility index (Phi) is 11.3. The van der Waals surface area contributed by atoms with E-state index in [2.05, 4.69) is 5.32 Å². The van der Waals surface area contributed by atoms with Crippen molar-refractivity contribution in [1.29, 1.82) is 0 Å². The van der Waals surface area contributed by atoms with Gasteiger partial charge in [0.15, 0.2) is 0 Å². The molecule has 0 saturated heterocycles. The lowest BCUT2D eigenvalue weighted by Gasteiger charge is -2.34. The molecule has 1 N–H and O–H groups in total. The maximum atomic E-state index is 14.5. The summed E-state index contributed by atoms with van der Waals surface area (Å²) >= 11 is 13.1. The van der Waals surface area contributed by atoms with Crippen LogP contribution in [0.3, 0.4) is 0 Å². The first-order valence-electron chi connectivity index (χ1n) is 14.6. The first kappa shape index (κ1) is 34.0. The van der Waals surface area contributed by atoms with Crippen molar-refractivity contribution in [2.45, 2.75) is 51.6 Å². The van der Waals surface area contributed by atoms with Crippen molar-refractivity contribution in [2.24, 2.45) is 0 Å². The van der Waals surface area contributed by atoms with Gasteiger partial charge in [-0.2, -0.15) is 0 Å². The predicted molar refractivity (Wildman–Crippen MR) is 181 cm³/mol. The molecule has 0 aliphatic heterocycles. The third-order valence-electron chi connectivity index (χ3n) is 7.68. The van der Waals surface area contributed by atoms with Crippen LogP contribution in [0.1, 0.15) is 34.7 Å². The zero-order chi connectivity index (χ0) is 32.7. The van der Waals surface area contributed by atoms with Gasteiger partial charge in [0.25, 0.3) is 10.0 Å². The fourth-order valence-electron chi connectivity index (χ4n) is 4.95. The molecule has 4 rings (SSSR count). The number of carbonyl (C=O) groups is 2. The van der Waals surface area contributed by atoms with E-state index in [0.29, 0.717) is 27.8 Å². The second-order valence-corrected chi connectivity index (χ2v) is 13.6. The molecule has 0 saturated carbocycles. The molecule has 0 aliphatic rings. The highest BCUT2D eigenvalue weighted by molar-refractivity contribution is 7.92. The number of nitrogens with zero attached hydrogens (tertiary/aromatic N) is 2. The Morgan fingerprint density at radius 3 is 2.07 bits per heavy atom. The maximum absolute atomic E-state index is 14.5. The maximum Gasteiger partial charge on any atom is 0.264 e. The van der Waals surface area contributed by atoms with Gasteiger partial charge in [0.05, 0.1) is 10.6 Å². The zero-order valence-corrected chi connectivity index (χ0v) is 28.1. The summed E-state index contributed by atoms with van der Waals surface area (Å²) in [4.78, 5) is 29.6. The van der Waals surface area contributed by atoms with Gasteiger partial charge in [0.1, 0.15) is 12.6 Å². The number of likely N-dealkylation sites (N-methyl/N-ethyl adjacent to an activating group) is 1. The first-order chi connectivity index (χ1) is 21.4. The molecule has 2 amide bonds. The minimum atomic E-state index is -4.20. The Morgan fingerprint density at radius 1 is 0.822 bits per heavy atom. The molecule has 0 bridgehead atoms. The monoisotopic (exact) mass is 665 g/mol. The number of nitrogens with one attached hydrogen (secondary N) is 1. The highest BCUT2D eigenvalue weighted by atomic mass is 35.5. The molecule has 0 unspecified atom stereocenters. The number of amides is 2. The van der Waals surface area contributed by atoms with E-state index in [4.69, 9.17) is 23.2 Å². The molecule has 7 nitrogen and oxygen atoms in total. The Balaban J connectivity index is 1.84. The average molecular weight is 667 g/mol. The number of benzene rings is 4. The zero-order valence-electron chi connectivity index (χ0n) is 25.8. The van der Waals surface area contributed by atoms with Crippen LogP contribution >= 0.6 is 23.2 Å². The summed E-state index contributed by atoms with van der Waals surface area (Å²) in [6.45, 7) is 7.14. The minimum Gasteiger partial charge on any atom is -0.355 e. The lowest BCUT2D eigenvalue weighted by molar-refractivity contribution is -0.140. The van der Waals surface area contributed by atoms with E-state index in [-0.39, 0.29) is 23.8 Å². The highest BCUT2D eigenvalue weighted by Crippen LogP contribution is 2.30. The third-order valence-corrected chi connectivity index (χ3v) is 10.2. The molecule has 0 aliphatic carbocycles. The predicted octanol–water partition coefficient (Wildman–Crippen LogP) is 6.89. The van der Waals surface area contributed by atoms with E-state index < -0.39 is 28.5 Å². The first-order valence-corrected chi connectivity index (χ1v) is 16.8. The smallest absolute Gasteiger partial charge is 0.264 e. The van der Waals surface area contributed by atoms with Crippen LogP contribution in [0.5, 0.6) is 0 Å². The summed E-state index contributed by atoms with van der Waals surface area (Å²) in [6.07, 6.45) is 0.189. The van der Waals surface area contributed by atoms with Crippen molar-refractivity contribution in [3.63, 3.8) is 0 Å². The topological polar surface area (TPSA) is 86.8 Å². The summed E-state index contributed by atoms with van der Waals surface area (Å²) < 4.78 is 29.5. The van der Waals surface area contributed by atoms with Crippen molar-refractivity contribution < 1.29 is 18.0 Å². The average Bonchev–Trinajstić information content (AvgIpc) is 3.01. The molecule has 0 radical (unpaired) electrons. The molecular formula is C35H37Cl2N3O4S. The summed E-state index contributed by atoms with van der Waals surface area (Å²) in [5, 5.41) is 3.50. The third kappa shape index (κ3) is 8.25. The van der Waals surface area contributed by atoms with Gasteiger partial charge in [-0.15, -0.1) is 0 Å². The highest BCUT2D eigenvalue weighted by Gasteiger charge is 2.35. The molecule has 1 atom stereocenters. The summed E-state index contributed by atoms with van der Waals surface area (Å²) in [5.41, 5.74) is 4.36. The van der Waals surface area contributed by atoms with E-state index >= 15 is 0 Å². The Labute approximate surface area is 275 Å². The van der Waals surface area contributed by atoms with Crippen LogP contribution in [0.2, 0.25) is 10.0 Å². The Morgan fingerprint density at radius 2 is 1.47 bits per heavy atom. The van der Waals surface area contributed by atoms with Crippen LogP contribution in [-0.2, 0) is 32.6 Å². The van der Waals surface area contributed by atoms with Crippen LogP contribution < -0.4 is 9.62 Å². The van der Waals surface area contributed by atoms with Crippen molar-refractivity contribution >= 4 is 50.7 Å². The molecule has 45 heavy (non-hydrogen) atoms. The second kappa shape index (κ2) is 15.0. The molecule has 4 aromatic carbocycles. The van der Waals surface area contributed by atoms with E-state index in [1.807, 2.05) is 57.2 Å². The van der Waals surface area contributed by atoms with Crippen molar-refractivity contribution in [2.75, 3.05) is 17.4 Å². The Hall–Kier alpha value is -3.85. The van der Waals surface area contributed by atoms with Crippen LogP contribution in [0.4, 0.5) is 5.69 Å². The van der Waals surface area contributed by atoms with Gasteiger partial charge in [-0.1, -0.05) is 83.4 Å². The molecule has 0 spiro atoms. The molecule has 10 heteroatoms. The molecule has 0 aromatic heterocycles. The number of halogens is 2. The van der Waals surface area contributed by atoms with Crippen LogP contribution in [0, 0.1) is 20.8 Å². The number of hydrogen-bond donors (Lipinski definition) is 1. The van der Waals surface area contributed by atoms with E-state index in [9.17, 15) is 18.0 Å². The van der Waals surface area contributed by atoms with Gasteiger partial charge in [0.2, 0.25) is 11.8 Å². The SMILES string of the molecule is CCNC(=O)[C@@H](Cc1ccccc1)N(Cc1c(Cl)cccc1Cl)C(=O)CN(c1ccc(C)c(C)c1)S(=O)(=O)c1ccc(C)cc1. The lowest BCUT2D eigenvalue weighted by atomic mass is 10.0. The van der Waals surface area contributed by atoms with Gasteiger partial charge >= 0.3 is 0 Å². The summed E-state index contributed by atoms with van der Waals surface area (Å²) in [5.74, 6) is -0.968. The largest absolute Gasteiger partial charge is 0.355 e. The number of carbonyl (C=O) groups excluding carboxylic acids is 2. The van der Waals surface area contributed by atoms with Crippen LogP contribution in [0.15, 0.2) is 95.9 Å². The molecule has 0 fully saturated rings. The lowest BCUT2D eigenvalue weighted by Crippen LogP contribution is -2.53. The van der Waals surface area contributed by atoms with Crippen LogP contribution in [-0.4, -0.2) is 44.3 Å². The normalized spacial score (nSPS) is 12.0. The molecule has 4 aromatic rings. The molecular weight excluding hydrogens is 629 g/mol. The minimum absolute atomic E-state index is 0.0457. The van der Waals surface area contributed by atoms with Gasteiger partial charge in [-0.3, -0.25) is 13.9 Å². The quantitative estimate of drug-likeness (QED) is 0.179. The van der Waals surface area contributed by atoms with Crippen LogP contribution in [0.25, 0.3) is 0 Å². The Bertz CT molecular complexity index is 1740. The summed E-state index contributed by atoms with van der Waals surface area (Å²) in [6, 6.07) is 25.1. The van der Waals surface area contributed by atoms with Gasteiger partial charge in [-0.05, 0) is 80.8 Å². The fourth-order valence-corrected chi connectivity index (χ4v) is 6.87. The van der Waals surface area contributed by atoms with Gasteiger partial charge in [0, 0.05) is 35.1 Å². The van der Waals surface area contributed by atoms with Crippen molar-refractivity contribution in [3.8, 4) is 0 Å². The van der Waals surface area contributed by atoms with Crippen molar-refractivity contribution in [1.82, 2.24) is 10.2 Å². The molecule has 236 valence electrons. The number of hydrogen-bond acceptors (Lipinski definition) is 4.